The SMILES string of the molecule is Cc1ncoc1C(=O)Nc1ccc2cn[nH]c2c1. The Morgan fingerprint density at radius 1 is 1.44 bits per heavy atom. The number of aryl methyl sites for hydroxylation is 1. The number of aromatic amines is 1. The molecule has 0 fully saturated rings. The summed E-state index contributed by atoms with van der Waals surface area (Å²) in [6.45, 7) is 1.72. The monoisotopic (exact) mass is 242 g/mol. The van der Waals surface area contributed by atoms with Gasteiger partial charge >= 0.3 is 0 Å². The molecule has 0 aliphatic heterocycles. The number of hydrogen-bond acceptors (Lipinski definition) is 4. The third-order valence-corrected chi connectivity index (χ3v) is 2.65. The van der Waals surface area contributed by atoms with Crippen LogP contribution in [0.2, 0.25) is 0 Å². The second-order valence-electron chi connectivity index (χ2n) is 3.89. The lowest BCUT2D eigenvalue weighted by Gasteiger charge is -2.03. The van der Waals surface area contributed by atoms with Gasteiger partial charge in [-0.05, 0) is 25.1 Å². The molecule has 2 N–H and O–H groups in total. The van der Waals surface area contributed by atoms with Gasteiger partial charge in [-0.25, -0.2) is 4.98 Å². The van der Waals surface area contributed by atoms with Crippen LogP contribution in [0.5, 0.6) is 0 Å². The van der Waals surface area contributed by atoms with Crippen LogP contribution in [0, 0.1) is 6.92 Å². The van der Waals surface area contributed by atoms with Gasteiger partial charge in [0.1, 0.15) is 0 Å². The van der Waals surface area contributed by atoms with E-state index in [0.29, 0.717) is 11.4 Å². The fraction of sp³-hybridized carbons (Fsp3) is 0.0833. The van der Waals surface area contributed by atoms with Crippen molar-refractivity contribution in [1.29, 1.82) is 0 Å². The molecule has 0 unspecified atom stereocenters. The quantitative estimate of drug-likeness (QED) is 0.720. The first-order chi connectivity index (χ1) is 8.74. The van der Waals surface area contributed by atoms with Gasteiger partial charge in [0.15, 0.2) is 6.39 Å². The summed E-state index contributed by atoms with van der Waals surface area (Å²) >= 11 is 0. The van der Waals surface area contributed by atoms with E-state index in [0.717, 1.165) is 10.9 Å². The molecule has 3 aromatic rings. The molecule has 18 heavy (non-hydrogen) atoms. The molecule has 6 heteroatoms. The Morgan fingerprint density at radius 3 is 3.11 bits per heavy atom. The number of anilines is 1. The van der Waals surface area contributed by atoms with Crippen LogP contribution in [0.3, 0.4) is 0 Å². The summed E-state index contributed by atoms with van der Waals surface area (Å²) in [6, 6.07) is 5.50. The second kappa shape index (κ2) is 3.99. The van der Waals surface area contributed by atoms with Gasteiger partial charge in [-0.15, -0.1) is 0 Å². The van der Waals surface area contributed by atoms with Crippen LogP contribution in [0.25, 0.3) is 10.9 Å². The number of carbonyl (C=O) groups is 1. The second-order valence-corrected chi connectivity index (χ2v) is 3.89. The molecule has 0 saturated carbocycles. The van der Waals surface area contributed by atoms with Crippen molar-refractivity contribution < 1.29 is 9.21 Å². The molecule has 6 nitrogen and oxygen atoms in total. The highest BCUT2D eigenvalue weighted by molar-refractivity contribution is 6.03. The van der Waals surface area contributed by atoms with Gasteiger partial charge in [-0.3, -0.25) is 9.89 Å². The number of nitrogens with one attached hydrogen (secondary N) is 2. The summed E-state index contributed by atoms with van der Waals surface area (Å²) in [5.74, 6) is -0.0939. The van der Waals surface area contributed by atoms with Crippen molar-refractivity contribution in [2.24, 2.45) is 0 Å². The van der Waals surface area contributed by atoms with Crippen molar-refractivity contribution in [2.45, 2.75) is 6.92 Å². The predicted octanol–water partition coefficient (Wildman–Crippen LogP) is 2.11. The fourth-order valence-electron chi connectivity index (χ4n) is 1.72. The Hall–Kier alpha value is -2.63. The maximum absolute atomic E-state index is 11.9. The Labute approximate surface area is 102 Å². The summed E-state index contributed by atoms with van der Waals surface area (Å²) in [7, 11) is 0. The lowest BCUT2D eigenvalue weighted by molar-refractivity contribution is 0.0996. The molecule has 90 valence electrons. The van der Waals surface area contributed by atoms with Crippen LogP contribution in [0.15, 0.2) is 35.2 Å². The van der Waals surface area contributed by atoms with Gasteiger partial charge in [0, 0.05) is 11.1 Å². The number of fused-ring (bicyclic) bond motifs is 1. The standard InChI is InChI=1S/C12H10N4O2/c1-7-11(18-6-13-7)12(17)15-9-3-2-8-5-14-16-10(8)4-9/h2-6H,1H3,(H,14,16)(H,15,17). The lowest BCUT2D eigenvalue weighted by Crippen LogP contribution is -2.12. The average molecular weight is 242 g/mol. The highest BCUT2D eigenvalue weighted by atomic mass is 16.3. The molecular formula is C12H10N4O2. The minimum atomic E-state index is -0.316. The molecule has 0 spiro atoms. The van der Waals surface area contributed by atoms with Crippen LogP contribution in [0.1, 0.15) is 16.2 Å². The molecule has 2 heterocycles. The van der Waals surface area contributed by atoms with Crippen molar-refractivity contribution in [1.82, 2.24) is 15.2 Å². The summed E-state index contributed by atoms with van der Waals surface area (Å²) < 4.78 is 5.03. The summed E-state index contributed by atoms with van der Waals surface area (Å²) in [6.07, 6.45) is 2.98. The van der Waals surface area contributed by atoms with Gasteiger partial charge in [0.25, 0.3) is 5.91 Å². The molecular weight excluding hydrogens is 232 g/mol. The van der Waals surface area contributed by atoms with Gasteiger partial charge in [-0.2, -0.15) is 5.10 Å². The highest BCUT2D eigenvalue weighted by Crippen LogP contribution is 2.17. The molecule has 1 amide bonds. The summed E-state index contributed by atoms with van der Waals surface area (Å²) in [4.78, 5) is 15.8. The zero-order valence-corrected chi connectivity index (χ0v) is 9.60. The van der Waals surface area contributed by atoms with Crippen molar-refractivity contribution in [3.63, 3.8) is 0 Å². The van der Waals surface area contributed by atoms with E-state index in [1.165, 1.54) is 6.39 Å². The average Bonchev–Trinajstić information content (AvgIpc) is 2.96. The Kier molecular flexibility index (Phi) is 2.33. The zero-order chi connectivity index (χ0) is 12.5. The van der Waals surface area contributed by atoms with E-state index < -0.39 is 0 Å². The molecule has 0 aliphatic carbocycles. The first-order valence-corrected chi connectivity index (χ1v) is 5.38. The van der Waals surface area contributed by atoms with Gasteiger partial charge in [-0.1, -0.05) is 0 Å². The molecule has 3 rings (SSSR count). The highest BCUT2D eigenvalue weighted by Gasteiger charge is 2.14. The first kappa shape index (κ1) is 10.5. The fourth-order valence-corrected chi connectivity index (χ4v) is 1.72. The van der Waals surface area contributed by atoms with Gasteiger partial charge in [0.05, 0.1) is 17.4 Å². The minimum absolute atomic E-state index is 0.222. The summed E-state index contributed by atoms with van der Waals surface area (Å²) in [5, 5.41) is 10.5. The smallest absolute Gasteiger partial charge is 0.293 e. The topological polar surface area (TPSA) is 83.8 Å². The maximum Gasteiger partial charge on any atom is 0.293 e. The number of hydrogen-bond donors (Lipinski definition) is 2. The molecule has 2 aromatic heterocycles. The molecule has 1 aromatic carbocycles. The lowest BCUT2D eigenvalue weighted by atomic mass is 10.2. The zero-order valence-electron chi connectivity index (χ0n) is 9.60. The van der Waals surface area contributed by atoms with E-state index in [1.54, 1.807) is 19.2 Å². The number of oxazole rings is 1. The van der Waals surface area contributed by atoms with Crippen molar-refractivity contribution >= 4 is 22.5 Å². The normalized spacial score (nSPS) is 10.7. The van der Waals surface area contributed by atoms with Crippen LogP contribution in [-0.4, -0.2) is 21.1 Å². The van der Waals surface area contributed by atoms with E-state index in [4.69, 9.17) is 4.42 Å². The van der Waals surface area contributed by atoms with Crippen LogP contribution >= 0.6 is 0 Å². The van der Waals surface area contributed by atoms with Crippen LogP contribution in [-0.2, 0) is 0 Å². The van der Waals surface area contributed by atoms with E-state index in [2.05, 4.69) is 20.5 Å². The molecule has 0 bridgehead atoms. The first-order valence-electron chi connectivity index (χ1n) is 5.38. The van der Waals surface area contributed by atoms with E-state index >= 15 is 0 Å². The maximum atomic E-state index is 11.9. The van der Waals surface area contributed by atoms with E-state index in [1.807, 2.05) is 12.1 Å². The molecule has 0 aliphatic rings. The Balaban J connectivity index is 1.88. The number of nitrogens with zero attached hydrogens (tertiary/aromatic N) is 2. The number of benzene rings is 1. The summed E-state index contributed by atoms with van der Waals surface area (Å²) in [5.41, 5.74) is 2.10. The molecule has 0 atom stereocenters. The Morgan fingerprint density at radius 2 is 2.33 bits per heavy atom. The van der Waals surface area contributed by atoms with Crippen molar-refractivity contribution in [3.05, 3.63) is 42.2 Å². The molecule has 0 radical (unpaired) electrons. The van der Waals surface area contributed by atoms with Crippen LogP contribution in [0.4, 0.5) is 5.69 Å². The number of H-pyrrole nitrogens is 1. The van der Waals surface area contributed by atoms with E-state index in [-0.39, 0.29) is 11.7 Å². The van der Waals surface area contributed by atoms with Crippen LogP contribution < -0.4 is 5.32 Å². The third-order valence-electron chi connectivity index (χ3n) is 2.65. The third kappa shape index (κ3) is 1.73. The largest absolute Gasteiger partial charge is 0.438 e. The predicted molar refractivity (Wildman–Crippen MR) is 65.3 cm³/mol. The van der Waals surface area contributed by atoms with Crippen molar-refractivity contribution in [2.75, 3.05) is 5.32 Å². The van der Waals surface area contributed by atoms with Crippen molar-refractivity contribution in [3.8, 4) is 0 Å². The Bertz CT molecular complexity index is 714. The number of rotatable bonds is 2. The number of amides is 1. The number of carbonyl (C=O) groups excluding carboxylic acids is 1. The minimum Gasteiger partial charge on any atom is -0.438 e. The number of aromatic nitrogens is 3. The van der Waals surface area contributed by atoms with Gasteiger partial charge < -0.3 is 9.73 Å². The molecule has 0 saturated heterocycles. The van der Waals surface area contributed by atoms with Gasteiger partial charge in [0.2, 0.25) is 5.76 Å². The van der Waals surface area contributed by atoms with E-state index in [9.17, 15) is 4.79 Å².